The highest BCUT2D eigenvalue weighted by molar-refractivity contribution is 9.10. The van der Waals surface area contributed by atoms with E-state index >= 15 is 0 Å². The first-order valence-electron chi connectivity index (χ1n) is 3.61. The number of nitriles is 1. The first kappa shape index (κ1) is 11.0. The number of rotatable bonds is 2. The third kappa shape index (κ3) is 2.69. The van der Waals surface area contributed by atoms with Crippen molar-refractivity contribution in [3.63, 3.8) is 0 Å². The molecule has 0 spiro atoms. The molecule has 0 unspecified atom stereocenters. The SMILES string of the molecule is COC(=O)/C(C#N)=C/c1cc(Br)cs1. The van der Waals surface area contributed by atoms with Gasteiger partial charge in [0, 0.05) is 14.7 Å². The summed E-state index contributed by atoms with van der Waals surface area (Å²) in [6, 6.07) is 3.61. The van der Waals surface area contributed by atoms with Gasteiger partial charge in [-0.05, 0) is 28.1 Å². The van der Waals surface area contributed by atoms with E-state index in [2.05, 4.69) is 20.7 Å². The van der Waals surface area contributed by atoms with E-state index < -0.39 is 5.97 Å². The van der Waals surface area contributed by atoms with Crippen LogP contribution >= 0.6 is 27.3 Å². The third-order valence-corrected chi connectivity index (χ3v) is 3.04. The van der Waals surface area contributed by atoms with Crippen molar-refractivity contribution in [1.29, 1.82) is 5.26 Å². The van der Waals surface area contributed by atoms with Crippen LogP contribution in [0, 0.1) is 11.3 Å². The summed E-state index contributed by atoms with van der Waals surface area (Å²) >= 11 is 4.72. The molecular weight excluding hydrogens is 266 g/mol. The Morgan fingerprint density at radius 3 is 2.93 bits per heavy atom. The highest BCUT2D eigenvalue weighted by Crippen LogP contribution is 2.22. The van der Waals surface area contributed by atoms with Gasteiger partial charge in [-0.15, -0.1) is 11.3 Å². The maximum Gasteiger partial charge on any atom is 0.348 e. The summed E-state index contributed by atoms with van der Waals surface area (Å²) in [6.45, 7) is 0. The number of thiophene rings is 1. The molecule has 1 rings (SSSR count). The predicted octanol–water partition coefficient (Wildman–Crippen LogP) is 2.59. The third-order valence-electron chi connectivity index (χ3n) is 1.40. The molecule has 14 heavy (non-hydrogen) atoms. The Balaban J connectivity index is 2.96. The van der Waals surface area contributed by atoms with Gasteiger partial charge in [-0.25, -0.2) is 4.79 Å². The molecular formula is C9H6BrNO2S. The molecule has 0 radical (unpaired) electrons. The normalized spacial score (nSPS) is 10.8. The Morgan fingerprint density at radius 2 is 2.50 bits per heavy atom. The van der Waals surface area contributed by atoms with Crippen molar-refractivity contribution < 1.29 is 9.53 Å². The van der Waals surface area contributed by atoms with Gasteiger partial charge in [0.25, 0.3) is 0 Å². The fourth-order valence-corrected chi connectivity index (χ4v) is 2.17. The van der Waals surface area contributed by atoms with E-state index in [1.165, 1.54) is 24.5 Å². The van der Waals surface area contributed by atoms with Crippen molar-refractivity contribution in [2.75, 3.05) is 7.11 Å². The molecule has 3 nitrogen and oxygen atoms in total. The summed E-state index contributed by atoms with van der Waals surface area (Å²) in [5.41, 5.74) is 0.00171. The summed E-state index contributed by atoms with van der Waals surface area (Å²) in [5, 5.41) is 10.5. The average molecular weight is 272 g/mol. The van der Waals surface area contributed by atoms with E-state index in [0.29, 0.717) is 0 Å². The first-order chi connectivity index (χ1) is 6.67. The number of carbonyl (C=O) groups is 1. The maximum absolute atomic E-state index is 11.0. The minimum Gasteiger partial charge on any atom is -0.465 e. The lowest BCUT2D eigenvalue weighted by molar-refractivity contribution is -0.135. The number of hydrogen-bond donors (Lipinski definition) is 0. The van der Waals surface area contributed by atoms with Crippen LogP contribution in [-0.4, -0.2) is 13.1 Å². The summed E-state index contributed by atoms with van der Waals surface area (Å²) in [4.78, 5) is 11.9. The summed E-state index contributed by atoms with van der Waals surface area (Å²) < 4.78 is 5.37. The second-order valence-electron chi connectivity index (χ2n) is 2.33. The van der Waals surface area contributed by atoms with Crippen LogP contribution in [0.2, 0.25) is 0 Å². The van der Waals surface area contributed by atoms with Gasteiger partial charge >= 0.3 is 5.97 Å². The van der Waals surface area contributed by atoms with Crippen LogP contribution in [0.15, 0.2) is 21.5 Å². The van der Waals surface area contributed by atoms with Gasteiger partial charge in [-0.1, -0.05) is 0 Å². The lowest BCUT2D eigenvalue weighted by Crippen LogP contribution is -2.02. The zero-order valence-corrected chi connectivity index (χ0v) is 9.68. The van der Waals surface area contributed by atoms with Gasteiger partial charge < -0.3 is 4.74 Å². The molecule has 0 amide bonds. The van der Waals surface area contributed by atoms with Gasteiger partial charge in [0.15, 0.2) is 0 Å². The van der Waals surface area contributed by atoms with Crippen molar-refractivity contribution in [2.24, 2.45) is 0 Å². The van der Waals surface area contributed by atoms with Crippen molar-refractivity contribution in [3.05, 3.63) is 26.4 Å². The number of esters is 1. The number of methoxy groups -OCH3 is 1. The van der Waals surface area contributed by atoms with Crippen molar-refractivity contribution in [3.8, 4) is 6.07 Å². The lowest BCUT2D eigenvalue weighted by atomic mass is 10.2. The zero-order valence-electron chi connectivity index (χ0n) is 7.28. The van der Waals surface area contributed by atoms with Crippen molar-refractivity contribution in [1.82, 2.24) is 0 Å². The summed E-state index contributed by atoms with van der Waals surface area (Å²) in [5.74, 6) is -0.614. The van der Waals surface area contributed by atoms with E-state index in [9.17, 15) is 4.79 Å². The Bertz CT molecular complexity index is 417. The number of halogens is 1. The lowest BCUT2D eigenvalue weighted by Gasteiger charge is -1.93. The Kier molecular flexibility index (Phi) is 3.86. The van der Waals surface area contributed by atoms with Crippen LogP contribution in [0.5, 0.6) is 0 Å². The zero-order chi connectivity index (χ0) is 10.6. The minimum absolute atomic E-state index is 0.00171. The van der Waals surface area contributed by atoms with Crippen LogP contribution in [-0.2, 0) is 9.53 Å². The van der Waals surface area contributed by atoms with Crippen molar-refractivity contribution in [2.45, 2.75) is 0 Å². The Hall–Kier alpha value is -1.12. The fraction of sp³-hybridized carbons (Fsp3) is 0.111. The van der Waals surface area contributed by atoms with E-state index in [1.807, 2.05) is 11.4 Å². The molecule has 0 aliphatic heterocycles. The van der Waals surface area contributed by atoms with E-state index in [-0.39, 0.29) is 5.57 Å². The van der Waals surface area contributed by atoms with Crippen LogP contribution in [0.1, 0.15) is 4.88 Å². The Morgan fingerprint density at radius 1 is 1.79 bits per heavy atom. The number of ether oxygens (including phenoxy) is 1. The largest absolute Gasteiger partial charge is 0.465 e. The van der Waals surface area contributed by atoms with Gasteiger partial charge in [-0.3, -0.25) is 0 Å². The van der Waals surface area contributed by atoms with E-state index in [0.717, 1.165) is 9.35 Å². The molecule has 0 bridgehead atoms. The molecule has 5 heteroatoms. The first-order valence-corrected chi connectivity index (χ1v) is 5.28. The molecule has 0 atom stereocenters. The van der Waals surface area contributed by atoms with Gasteiger partial charge in [0.2, 0.25) is 0 Å². The van der Waals surface area contributed by atoms with Crippen LogP contribution in [0.3, 0.4) is 0 Å². The van der Waals surface area contributed by atoms with Crippen LogP contribution < -0.4 is 0 Å². The van der Waals surface area contributed by atoms with Gasteiger partial charge in [0.1, 0.15) is 11.6 Å². The number of carbonyl (C=O) groups excluding carboxylic acids is 1. The molecule has 0 saturated carbocycles. The fourth-order valence-electron chi connectivity index (χ4n) is 0.793. The molecule has 1 heterocycles. The molecule has 0 N–H and O–H groups in total. The molecule has 0 saturated heterocycles. The predicted molar refractivity (Wildman–Crippen MR) is 57.6 cm³/mol. The molecule has 0 aromatic carbocycles. The molecule has 0 fully saturated rings. The summed E-state index contributed by atoms with van der Waals surface area (Å²) in [6.07, 6.45) is 1.50. The van der Waals surface area contributed by atoms with E-state index in [1.54, 1.807) is 6.07 Å². The number of hydrogen-bond acceptors (Lipinski definition) is 4. The molecule has 0 aliphatic rings. The Labute approximate surface area is 93.7 Å². The second-order valence-corrected chi connectivity index (χ2v) is 4.19. The average Bonchev–Trinajstić information content (AvgIpc) is 2.59. The molecule has 0 aliphatic carbocycles. The van der Waals surface area contributed by atoms with E-state index in [4.69, 9.17) is 5.26 Å². The molecule has 1 aromatic rings. The second kappa shape index (κ2) is 4.94. The molecule has 72 valence electrons. The monoisotopic (exact) mass is 271 g/mol. The van der Waals surface area contributed by atoms with Gasteiger partial charge in [-0.2, -0.15) is 5.26 Å². The summed E-state index contributed by atoms with van der Waals surface area (Å²) in [7, 11) is 1.25. The van der Waals surface area contributed by atoms with Crippen LogP contribution in [0.25, 0.3) is 6.08 Å². The highest BCUT2D eigenvalue weighted by Gasteiger charge is 2.08. The quantitative estimate of drug-likeness (QED) is 0.472. The minimum atomic E-state index is -0.614. The molecule has 1 aromatic heterocycles. The van der Waals surface area contributed by atoms with Crippen LogP contribution in [0.4, 0.5) is 0 Å². The topological polar surface area (TPSA) is 50.1 Å². The standard InChI is InChI=1S/C9H6BrNO2S/c1-13-9(12)6(4-11)2-8-3-7(10)5-14-8/h2-3,5H,1H3/b6-2+. The van der Waals surface area contributed by atoms with Gasteiger partial charge in [0.05, 0.1) is 7.11 Å². The maximum atomic E-state index is 11.0. The van der Waals surface area contributed by atoms with Crippen molar-refractivity contribution >= 4 is 39.3 Å². The highest BCUT2D eigenvalue weighted by atomic mass is 79.9. The number of nitrogens with zero attached hydrogens (tertiary/aromatic N) is 1. The smallest absolute Gasteiger partial charge is 0.348 e.